The number of nitrogens with two attached hydrogens (primary N) is 1. The molecular weight excluding hydrogens is 136 g/mol. The first-order valence-corrected chi connectivity index (χ1v) is 3.06. The molecule has 0 aromatic heterocycles. The number of carboxylic acid groups (broad SMARTS) is 1. The molecule has 0 fully saturated rings. The summed E-state index contributed by atoms with van der Waals surface area (Å²) in [6, 6.07) is 0. The average molecular weight is 148 g/mol. The number of carbonyl (C=O) groups is 1. The van der Waals surface area contributed by atoms with E-state index in [9.17, 15) is 4.79 Å². The van der Waals surface area contributed by atoms with E-state index in [2.05, 4.69) is 10.2 Å². The monoisotopic (exact) mass is 148 g/mol. The zero-order valence-corrected chi connectivity index (χ0v) is 5.67. The lowest BCUT2D eigenvalue weighted by molar-refractivity contribution is 0.133. The molecule has 0 aromatic carbocycles. The van der Waals surface area contributed by atoms with E-state index < -0.39 is 6.09 Å². The Bertz CT molecular complexity index is 96.9. The molecule has 5 heteroatoms. The van der Waals surface area contributed by atoms with Crippen LogP contribution < -0.4 is 11.2 Å². The normalized spacial score (nSPS) is 9.30. The van der Waals surface area contributed by atoms with Crippen molar-refractivity contribution in [1.29, 1.82) is 0 Å². The number of hydrogen-bond donors (Lipinski definition) is 3. The van der Waals surface area contributed by atoms with Crippen LogP contribution in [0.1, 0.15) is 12.8 Å². The van der Waals surface area contributed by atoms with E-state index in [0.717, 1.165) is 12.8 Å². The van der Waals surface area contributed by atoms with E-state index >= 15 is 0 Å². The van der Waals surface area contributed by atoms with Crippen LogP contribution in [0.2, 0.25) is 0 Å². The summed E-state index contributed by atoms with van der Waals surface area (Å²) in [5.74, 6) is 4.73. The molecule has 5 nitrogen and oxygen atoms in total. The average Bonchev–Trinajstić information content (AvgIpc) is 1.87. The van der Waals surface area contributed by atoms with Gasteiger partial charge in [-0.1, -0.05) is 0 Å². The summed E-state index contributed by atoms with van der Waals surface area (Å²) in [5, 5.41) is 10.3. The van der Waals surface area contributed by atoms with Crippen molar-refractivity contribution in [3.8, 4) is 0 Å². The van der Waals surface area contributed by atoms with Gasteiger partial charge in [0.2, 0.25) is 0 Å². The van der Waals surface area contributed by atoms with Crippen LogP contribution in [0, 0.1) is 0 Å². The summed E-state index contributed by atoms with van der Waals surface area (Å²) in [5.41, 5.74) is 0. The van der Waals surface area contributed by atoms with Crippen LogP contribution >= 0.6 is 0 Å². The lowest BCUT2D eigenvalue weighted by atomic mass is 10.3. The third-order valence-corrected chi connectivity index (χ3v) is 0.965. The molecule has 1 amide bonds. The molecule has 4 N–H and O–H groups in total. The molecule has 10 heavy (non-hydrogen) atoms. The van der Waals surface area contributed by atoms with Gasteiger partial charge in [-0.3, -0.25) is 0 Å². The minimum absolute atomic E-state index is 0.457. The van der Waals surface area contributed by atoms with Gasteiger partial charge in [0.15, 0.2) is 0 Å². The second kappa shape index (κ2) is 6.31. The maximum absolute atomic E-state index is 9.86. The Morgan fingerprint density at radius 1 is 1.60 bits per heavy atom. The molecule has 0 saturated carbocycles. The summed E-state index contributed by atoms with van der Waals surface area (Å²) in [6.45, 7) is 0.931. The highest BCUT2D eigenvalue weighted by atomic mass is 16.6. The number of unbranched alkanes of at least 4 members (excludes halogenated alkanes) is 1. The first-order chi connectivity index (χ1) is 4.77. The SMILES string of the molecule is NOCCCCNC(=O)O. The molecule has 0 radical (unpaired) electrons. The zero-order chi connectivity index (χ0) is 7.82. The van der Waals surface area contributed by atoms with Crippen molar-refractivity contribution in [2.24, 2.45) is 5.90 Å². The number of nitrogens with one attached hydrogen (secondary N) is 1. The van der Waals surface area contributed by atoms with E-state index in [1.165, 1.54) is 0 Å². The predicted octanol–water partition coefficient (Wildman–Crippen LogP) is -0.0755. The summed E-state index contributed by atoms with van der Waals surface area (Å²) < 4.78 is 0. The summed E-state index contributed by atoms with van der Waals surface area (Å²) in [4.78, 5) is 14.1. The molecule has 0 atom stereocenters. The third-order valence-electron chi connectivity index (χ3n) is 0.965. The van der Waals surface area contributed by atoms with Crippen molar-refractivity contribution in [2.75, 3.05) is 13.2 Å². The van der Waals surface area contributed by atoms with Crippen LogP contribution in [0.15, 0.2) is 0 Å². The third kappa shape index (κ3) is 7.19. The quantitative estimate of drug-likeness (QED) is 0.376. The van der Waals surface area contributed by atoms with E-state index in [-0.39, 0.29) is 0 Å². The molecule has 0 aliphatic rings. The highest BCUT2D eigenvalue weighted by Crippen LogP contribution is 1.84. The van der Waals surface area contributed by atoms with Gasteiger partial charge in [-0.05, 0) is 12.8 Å². The molecule has 0 heterocycles. The second-order valence-electron chi connectivity index (χ2n) is 1.81. The van der Waals surface area contributed by atoms with Crippen molar-refractivity contribution in [1.82, 2.24) is 5.32 Å². The van der Waals surface area contributed by atoms with Gasteiger partial charge in [-0.15, -0.1) is 0 Å². The summed E-state index contributed by atoms with van der Waals surface area (Å²) >= 11 is 0. The van der Waals surface area contributed by atoms with E-state index in [4.69, 9.17) is 11.0 Å². The summed E-state index contributed by atoms with van der Waals surface area (Å²) in [6.07, 6.45) is 0.536. The van der Waals surface area contributed by atoms with Crippen LogP contribution in [0.4, 0.5) is 4.79 Å². The van der Waals surface area contributed by atoms with Gasteiger partial charge in [0, 0.05) is 6.54 Å². The molecule has 0 saturated heterocycles. The number of rotatable bonds is 5. The zero-order valence-electron chi connectivity index (χ0n) is 5.67. The molecule has 0 rings (SSSR count). The van der Waals surface area contributed by atoms with Crippen LogP contribution in [0.5, 0.6) is 0 Å². The molecule has 0 unspecified atom stereocenters. The number of amides is 1. The summed E-state index contributed by atoms with van der Waals surface area (Å²) in [7, 11) is 0. The Hall–Kier alpha value is -0.810. The number of hydrogen-bond acceptors (Lipinski definition) is 3. The maximum Gasteiger partial charge on any atom is 0.404 e. The molecule has 0 aliphatic carbocycles. The molecular formula is C5H12N2O3. The van der Waals surface area contributed by atoms with Crippen LogP contribution in [0.25, 0.3) is 0 Å². The minimum Gasteiger partial charge on any atom is -0.465 e. The molecule has 0 aromatic rings. The van der Waals surface area contributed by atoms with Crippen LogP contribution in [-0.4, -0.2) is 24.4 Å². The maximum atomic E-state index is 9.86. The Kier molecular flexibility index (Phi) is 5.80. The van der Waals surface area contributed by atoms with Gasteiger partial charge in [0.1, 0.15) is 0 Å². The lowest BCUT2D eigenvalue weighted by Crippen LogP contribution is -2.22. The standard InChI is InChI=1S/C5H12N2O3/c6-10-4-2-1-3-7-5(8)9/h7H,1-4,6H2,(H,8,9). The molecule has 0 spiro atoms. The van der Waals surface area contributed by atoms with Gasteiger partial charge in [-0.25, -0.2) is 10.7 Å². The largest absolute Gasteiger partial charge is 0.465 e. The van der Waals surface area contributed by atoms with E-state index in [0.29, 0.717) is 13.2 Å². The van der Waals surface area contributed by atoms with E-state index in [1.807, 2.05) is 0 Å². The highest BCUT2D eigenvalue weighted by Gasteiger charge is 1.91. The second-order valence-corrected chi connectivity index (χ2v) is 1.81. The van der Waals surface area contributed by atoms with Crippen molar-refractivity contribution < 1.29 is 14.7 Å². The minimum atomic E-state index is -0.992. The van der Waals surface area contributed by atoms with Gasteiger partial charge >= 0.3 is 6.09 Å². The molecule has 0 aliphatic heterocycles. The molecule has 0 bridgehead atoms. The van der Waals surface area contributed by atoms with Gasteiger partial charge < -0.3 is 15.3 Å². The smallest absolute Gasteiger partial charge is 0.404 e. The van der Waals surface area contributed by atoms with E-state index in [1.54, 1.807) is 0 Å². The van der Waals surface area contributed by atoms with Crippen molar-refractivity contribution >= 4 is 6.09 Å². The first kappa shape index (κ1) is 9.19. The van der Waals surface area contributed by atoms with Gasteiger partial charge in [0.25, 0.3) is 0 Å². The fourth-order valence-electron chi connectivity index (χ4n) is 0.506. The highest BCUT2D eigenvalue weighted by molar-refractivity contribution is 5.64. The van der Waals surface area contributed by atoms with Gasteiger partial charge in [0.05, 0.1) is 6.61 Å². The predicted molar refractivity (Wildman–Crippen MR) is 35.4 cm³/mol. The van der Waals surface area contributed by atoms with Gasteiger partial charge in [-0.2, -0.15) is 0 Å². The fraction of sp³-hybridized carbons (Fsp3) is 0.800. The van der Waals surface area contributed by atoms with Crippen LogP contribution in [-0.2, 0) is 4.84 Å². The lowest BCUT2D eigenvalue weighted by Gasteiger charge is -1.98. The molecule has 60 valence electrons. The Labute approximate surface area is 59.1 Å². The topological polar surface area (TPSA) is 84.6 Å². The Morgan fingerprint density at radius 3 is 2.80 bits per heavy atom. The Morgan fingerprint density at radius 2 is 2.30 bits per heavy atom. The van der Waals surface area contributed by atoms with Crippen molar-refractivity contribution in [3.05, 3.63) is 0 Å². The van der Waals surface area contributed by atoms with Crippen molar-refractivity contribution in [3.63, 3.8) is 0 Å². The fourth-order valence-corrected chi connectivity index (χ4v) is 0.506. The Balaban J connectivity index is 2.84. The van der Waals surface area contributed by atoms with Crippen LogP contribution in [0.3, 0.4) is 0 Å². The first-order valence-electron chi connectivity index (χ1n) is 3.06. The van der Waals surface area contributed by atoms with Crippen molar-refractivity contribution in [2.45, 2.75) is 12.8 Å².